The number of rotatable bonds is 7. The number of ketones is 1. The van der Waals surface area contributed by atoms with Gasteiger partial charge in [0.1, 0.15) is 0 Å². The minimum Gasteiger partial charge on any atom is -0.504 e. The van der Waals surface area contributed by atoms with Gasteiger partial charge in [0.25, 0.3) is 0 Å². The summed E-state index contributed by atoms with van der Waals surface area (Å²) in [7, 11) is 1.51. The predicted molar refractivity (Wildman–Crippen MR) is 89.7 cm³/mol. The van der Waals surface area contributed by atoms with Crippen LogP contribution in [0, 0.1) is 6.92 Å². The quantitative estimate of drug-likeness (QED) is 0.621. The van der Waals surface area contributed by atoms with Crippen LogP contribution in [0.4, 0.5) is 0 Å². The van der Waals surface area contributed by atoms with Gasteiger partial charge < -0.3 is 14.6 Å². The lowest BCUT2D eigenvalue weighted by Gasteiger charge is -2.16. The summed E-state index contributed by atoms with van der Waals surface area (Å²) in [5, 5.41) is 10.3. The van der Waals surface area contributed by atoms with E-state index in [1.807, 2.05) is 18.2 Å². The van der Waals surface area contributed by atoms with E-state index in [1.165, 1.54) is 19.6 Å². The number of hydrogen-bond donors (Lipinski definition) is 1. The number of carbonyl (C=O) groups excluding carboxylic acids is 1. The Morgan fingerprint density at radius 1 is 1.22 bits per heavy atom. The van der Waals surface area contributed by atoms with Crippen molar-refractivity contribution in [3.63, 3.8) is 0 Å². The van der Waals surface area contributed by atoms with E-state index >= 15 is 0 Å². The summed E-state index contributed by atoms with van der Waals surface area (Å²) in [4.78, 5) is 11.7. The van der Waals surface area contributed by atoms with Crippen molar-refractivity contribution in [2.75, 3.05) is 13.7 Å². The van der Waals surface area contributed by atoms with Crippen molar-refractivity contribution in [3.05, 3.63) is 53.1 Å². The zero-order chi connectivity index (χ0) is 16.8. The molecule has 0 saturated carbocycles. The fourth-order valence-corrected chi connectivity index (χ4v) is 2.58. The third kappa shape index (κ3) is 4.03. The Hall–Kier alpha value is -2.49. The number of aromatic hydroxyl groups is 1. The molecule has 0 atom stereocenters. The molecule has 2 aromatic carbocycles. The Kier molecular flexibility index (Phi) is 5.63. The Morgan fingerprint density at radius 2 is 1.91 bits per heavy atom. The zero-order valence-corrected chi connectivity index (χ0v) is 13.8. The van der Waals surface area contributed by atoms with Gasteiger partial charge in [-0.05, 0) is 43.9 Å². The van der Waals surface area contributed by atoms with Gasteiger partial charge in [0, 0.05) is 0 Å². The van der Waals surface area contributed by atoms with Crippen molar-refractivity contribution in [2.45, 2.75) is 26.7 Å². The number of methoxy groups -OCH3 is 1. The highest BCUT2D eigenvalue weighted by Gasteiger charge is 2.20. The molecule has 0 aliphatic heterocycles. The first-order valence-corrected chi connectivity index (χ1v) is 7.62. The molecule has 2 rings (SSSR count). The van der Waals surface area contributed by atoms with Crippen LogP contribution in [0.5, 0.6) is 17.2 Å². The third-order valence-corrected chi connectivity index (χ3v) is 3.69. The molecule has 4 heteroatoms. The fourth-order valence-electron chi connectivity index (χ4n) is 2.58. The van der Waals surface area contributed by atoms with E-state index in [4.69, 9.17) is 9.47 Å². The molecule has 0 fully saturated rings. The van der Waals surface area contributed by atoms with Gasteiger partial charge in [-0.3, -0.25) is 4.79 Å². The van der Waals surface area contributed by atoms with E-state index < -0.39 is 0 Å². The highest BCUT2D eigenvalue weighted by Crippen LogP contribution is 2.41. The number of hydrogen-bond acceptors (Lipinski definition) is 4. The number of phenols is 1. The summed E-state index contributed by atoms with van der Waals surface area (Å²) in [6.45, 7) is 3.62. The monoisotopic (exact) mass is 314 g/mol. The Balaban J connectivity index is 2.09. The van der Waals surface area contributed by atoms with Crippen LogP contribution >= 0.6 is 0 Å². The number of carbonyl (C=O) groups is 1. The van der Waals surface area contributed by atoms with E-state index in [0.29, 0.717) is 17.9 Å². The molecular formula is C19H22O4. The van der Waals surface area contributed by atoms with E-state index in [2.05, 4.69) is 12.1 Å². The summed E-state index contributed by atoms with van der Waals surface area (Å²) in [5.41, 5.74) is 2.19. The van der Waals surface area contributed by atoms with Gasteiger partial charge in [-0.25, -0.2) is 0 Å². The first-order valence-electron chi connectivity index (χ1n) is 7.62. The standard InChI is InChI=1S/C19H22O4/c1-13-12-16(22-3)19(18(21)17(13)14(2)20)23-11-7-10-15-8-5-4-6-9-15/h4-6,8-9,12,21H,7,10-11H2,1-3H3. The summed E-state index contributed by atoms with van der Waals surface area (Å²) < 4.78 is 11.0. The Bertz CT molecular complexity index is 678. The molecule has 4 nitrogen and oxygen atoms in total. The highest BCUT2D eigenvalue weighted by atomic mass is 16.5. The second-order valence-electron chi connectivity index (χ2n) is 5.44. The summed E-state index contributed by atoms with van der Waals surface area (Å²) in [6, 6.07) is 11.8. The maximum Gasteiger partial charge on any atom is 0.204 e. The van der Waals surface area contributed by atoms with Gasteiger partial charge >= 0.3 is 0 Å². The minimum absolute atomic E-state index is 0.144. The molecule has 0 bridgehead atoms. The predicted octanol–water partition coefficient (Wildman–Crippen LogP) is 3.92. The number of ether oxygens (including phenoxy) is 2. The lowest BCUT2D eigenvalue weighted by molar-refractivity contribution is 0.101. The summed E-state index contributed by atoms with van der Waals surface area (Å²) >= 11 is 0. The van der Waals surface area contributed by atoms with Crippen LogP contribution < -0.4 is 9.47 Å². The Morgan fingerprint density at radius 3 is 2.52 bits per heavy atom. The molecule has 0 aliphatic rings. The maximum absolute atomic E-state index is 11.7. The van der Waals surface area contributed by atoms with Crippen LogP contribution in [-0.2, 0) is 6.42 Å². The molecule has 23 heavy (non-hydrogen) atoms. The summed E-state index contributed by atoms with van der Waals surface area (Å²) in [5.74, 6) is 0.326. The number of benzene rings is 2. The molecule has 1 N–H and O–H groups in total. The topological polar surface area (TPSA) is 55.8 Å². The largest absolute Gasteiger partial charge is 0.504 e. The van der Waals surface area contributed by atoms with Crippen LogP contribution in [0.15, 0.2) is 36.4 Å². The lowest BCUT2D eigenvalue weighted by Crippen LogP contribution is -2.05. The minimum atomic E-state index is -0.197. The van der Waals surface area contributed by atoms with E-state index in [-0.39, 0.29) is 22.8 Å². The molecule has 0 heterocycles. The second kappa shape index (κ2) is 7.68. The molecular weight excluding hydrogens is 292 g/mol. The third-order valence-electron chi connectivity index (χ3n) is 3.69. The molecule has 0 aromatic heterocycles. The van der Waals surface area contributed by atoms with Gasteiger partial charge in [-0.2, -0.15) is 0 Å². The smallest absolute Gasteiger partial charge is 0.204 e. The first-order chi connectivity index (χ1) is 11.0. The molecule has 0 amide bonds. The van der Waals surface area contributed by atoms with Crippen molar-refractivity contribution in [2.24, 2.45) is 0 Å². The van der Waals surface area contributed by atoms with Crippen molar-refractivity contribution in [1.29, 1.82) is 0 Å². The second-order valence-corrected chi connectivity index (χ2v) is 5.44. The van der Waals surface area contributed by atoms with Gasteiger partial charge in [-0.15, -0.1) is 0 Å². The highest BCUT2D eigenvalue weighted by molar-refractivity contribution is 5.99. The molecule has 0 aliphatic carbocycles. The van der Waals surface area contributed by atoms with E-state index in [0.717, 1.165) is 12.8 Å². The number of aryl methyl sites for hydroxylation is 2. The SMILES string of the molecule is COc1cc(C)c(C(C)=O)c(O)c1OCCCc1ccccc1. The van der Waals surface area contributed by atoms with Crippen LogP contribution in [0.1, 0.15) is 34.8 Å². The maximum atomic E-state index is 11.7. The van der Waals surface area contributed by atoms with Gasteiger partial charge in [-0.1, -0.05) is 30.3 Å². The lowest BCUT2D eigenvalue weighted by atomic mass is 10.0. The van der Waals surface area contributed by atoms with Gasteiger partial charge in [0.05, 0.1) is 19.3 Å². The summed E-state index contributed by atoms with van der Waals surface area (Å²) in [6.07, 6.45) is 1.69. The van der Waals surface area contributed by atoms with Crippen molar-refractivity contribution < 1.29 is 19.4 Å². The van der Waals surface area contributed by atoms with Gasteiger partial charge in [0.2, 0.25) is 5.75 Å². The molecule has 2 aromatic rings. The van der Waals surface area contributed by atoms with Gasteiger partial charge in [0.15, 0.2) is 17.3 Å². The first kappa shape index (κ1) is 16.9. The molecule has 0 unspecified atom stereocenters. The normalized spacial score (nSPS) is 10.4. The average Bonchev–Trinajstić information content (AvgIpc) is 2.53. The number of phenolic OH excluding ortho intramolecular Hbond substituents is 1. The fraction of sp³-hybridized carbons (Fsp3) is 0.316. The van der Waals surface area contributed by atoms with Crippen LogP contribution in [0.3, 0.4) is 0 Å². The Labute approximate surface area is 136 Å². The molecule has 0 spiro atoms. The molecule has 122 valence electrons. The van der Waals surface area contributed by atoms with Crippen LogP contribution in [0.2, 0.25) is 0 Å². The molecule has 0 radical (unpaired) electrons. The van der Waals surface area contributed by atoms with E-state index in [9.17, 15) is 9.90 Å². The van der Waals surface area contributed by atoms with Crippen molar-refractivity contribution >= 4 is 5.78 Å². The number of Topliss-reactive ketones (excluding diaryl/α,β-unsaturated/α-hetero) is 1. The average molecular weight is 314 g/mol. The van der Waals surface area contributed by atoms with E-state index in [1.54, 1.807) is 13.0 Å². The van der Waals surface area contributed by atoms with Crippen molar-refractivity contribution in [3.8, 4) is 17.2 Å². The van der Waals surface area contributed by atoms with Crippen LogP contribution in [0.25, 0.3) is 0 Å². The van der Waals surface area contributed by atoms with Crippen LogP contribution in [-0.4, -0.2) is 24.6 Å². The zero-order valence-electron chi connectivity index (χ0n) is 13.8. The van der Waals surface area contributed by atoms with Crippen molar-refractivity contribution in [1.82, 2.24) is 0 Å². The molecule has 0 saturated heterocycles.